The van der Waals surface area contributed by atoms with Crippen molar-refractivity contribution in [2.75, 3.05) is 33.3 Å². The number of hydrogen-bond acceptors (Lipinski definition) is 4. The maximum atomic E-state index is 6.05. The summed E-state index contributed by atoms with van der Waals surface area (Å²) in [6.07, 6.45) is 0.103. The minimum atomic E-state index is -0.616. The average molecular weight is 250 g/mol. The highest BCUT2D eigenvalue weighted by Crippen LogP contribution is 2.33. The van der Waals surface area contributed by atoms with Crippen molar-refractivity contribution in [3.8, 4) is 0 Å². The molecule has 2 unspecified atom stereocenters. The molecule has 18 heavy (non-hydrogen) atoms. The van der Waals surface area contributed by atoms with Gasteiger partial charge in [-0.1, -0.05) is 30.3 Å². The van der Waals surface area contributed by atoms with E-state index in [1.54, 1.807) is 0 Å². The monoisotopic (exact) mass is 250 g/mol. The molecule has 0 bridgehead atoms. The van der Waals surface area contributed by atoms with Gasteiger partial charge in [0.05, 0.1) is 12.7 Å². The first-order valence-electron chi connectivity index (χ1n) is 6.40. The highest BCUT2D eigenvalue weighted by atomic mass is 16.7. The second-order valence-electron chi connectivity index (χ2n) is 4.91. The van der Waals surface area contributed by atoms with Crippen molar-refractivity contribution in [2.45, 2.75) is 18.8 Å². The van der Waals surface area contributed by atoms with Crippen LogP contribution in [0.1, 0.15) is 12.5 Å². The van der Waals surface area contributed by atoms with Crippen LogP contribution in [0.3, 0.4) is 0 Å². The van der Waals surface area contributed by atoms with Gasteiger partial charge in [-0.3, -0.25) is 0 Å². The average Bonchev–Trinajstić information content (AvgIpc) is 2.74. The summed E-state index contributed by atoms with van der Waals surface area (Å²) in [4.78, 5) is 2.17. The van der Waals surface area contributed by atoms with E-state index in [9.17, 15) is 0 Å². The maximum Gasteiger partial charge on any atom is 0.192 e. The van der Waals surface area contributed by atoms with Crippen LogP contribution in [0.5, 0.6) is 0 Å². The fourth-order valence-electron chi connectivity index (χ4n) is 2.28. The molecule has 100 valence electrons. The van der Waals surface area contributed by atoms with Gasteiger partial charge in [0.15, 0.2) is 5.79 Å². The minimum Gasteiger partial charge on any atom is -0.343 e. The van der Waals surface area contributed by atoms with E-state index in [0.717, 1.165) is 18.7 Å². The van der Waals surface area contributed by atoms with Gasteiger partial charge in [-0.2, -0.15) is 0 Å². The molecular formula is C14H22N2O2. The van der Waals surface area contributed by atoms with Gasteiger partial charge in [-0.15, -0.1) is 0 Å². The molecule has 1 saturated heterocycles. The first-order valence-corrected chi connectivity index (χ1v) is 6.40. The van der Waals surface area contributed by atoms with E-state index in [0.29, 0.717) is 13.2 Å². The van der Waals surface area contributed by atoms with Gasteiger partial charge in [0, 0.05) is 25.2 Å². The molecule has 2 atom stereocenters. The molecular weight excluding hydrogens is 228 g/mol. The molecule has 0 radical (unpaired) electrons. The minimum absolute atomic E-state index is 0.103. The van der Waals surface area contributed by atoms with Crippen LogP contribution in [0.2, 0.25) is 0 Å². The Morgan fingerprint density at radius 1 is 1.39 bits per heavy atom. The zero-order valence-electron chi connectivity index (χ0n) is 11.1. The summed E-state index contributed by atoms with van der Waals surface area (Å²) >= 11 is 0. The second-order valence-corrected chi connectivity index (χ2v) is 4.91. The Kier molecular flexibility index (Phi) is 4.35. The van der Waals surface area contributed by atoms with Crippen LogP contribution in [0, 0.1) is 0 Å². The molecule has 0 aliphatic carbocycles. The number of benzene rings is 1. The lowest BCUT2D eigenvalue weighted by atomic mass is 10.1. The molecule has 2 rings (SSSR count). The van der Waals surface area contributed by atoms with Crippen LogP contribution in [-0.2, 0) is 15.3 Å². The van der Waals surface area contributed by atoms with Crippen molar-refractivity contribution in [3.63, 3.8) is 0 Å². The van der Waals surface area contributed by atoms with Gasteiger partial charge in [0.2, 0.25) is 0 Å². The van der Waals surface area contributed by atoms with E-state index in [-0.39, 0.29) is 6.10 Å². The van der Waals surface area contributed by atoms with Gasteiger partial charge in [0.1, 0.15) is 0 Å². The fraction of sp³-hybridized carbons (Fsp3) is 0.571. The smallest absolute Gasteiger partial charge is 0.192 e. The predicted octanol–water partition coefficient (Wildman–Crippen LogP) is 1.17. The summed E-state index contributed by atoms with van der Waals surface area (Å²) in [5.41, 5.74) is 6.60. The second kappa shape index (κ2) is 5.80. The summed E-state index contributed by atoms with van der Waals surface area (Å²) in [6, 6.07) is 10.1. The van der Waals surface area contributed by atoms with Crippen LogP contribution < -0.4 is 5.73 Å². The third-order valence-electron chi connectivity index (χ3n) is 3.26. The van der Waals surface area contributed by atoms with Crippen LogP contribution in [0.15, 0.2) is 30.3 Å². The van der Waals surface area contributed by atoms with Gasteiger partial charge >= 0.3 is 0 Å². The topological polar surface area (TPSA) is 47.7 Å². The Morgan fingerprint density at radius 3 is 2.78 bits per heavy atom. The molecule has 1 aliphatic heterocycles. The zero-order valence-corrected chi connectivity index (χ0v) is 11.1. The molecule has 2 N–H and O–H groups in total. The largest absolute Gasteiger partial charge is 0.343 e. The quantitative estimate of drug-likeness (QED) is 0.852. The Labute approximate surface area is 109 Å². The van der Waals surface area contributed by atoms with Crippen molar-refractivity contribution in [2.24, 2.45) is 5.73 Å². The van der Waals surface area contributed by atoms with E-state index in [4.69, 9.17) is 15.2 Å². The molecule has 0 amide bonds. The SMILES string of the molecule is CN(CCN)CC1COC(C)(c2ccccc2)O1. The first kappa shape index (κ1) is 13.5. The number of nitrogens with two attached hydrogens (primary N) is 1. The molecule has 0 saturated carbocycles. The molecule has 1 aromatic carbocycles. The number of nitrogens with zero attached hydrogens (tertiary/aromatic N) is 1. The van der Waals surface area contributed by atoms with Crippen molar-refractivity contribution < 1.29 is 9.47 Å². The predicted molar refractivity (Wildman–Crippen MR) is 71.2 cm³/mol. The molecule has 4 heteroatoms. The van der Waals surface area contributed by atoms with Crippen LogP contribution >= 0.6 is 0 Å². The zero-order chi connectivity index (χ0) is 13.0. The molecule has 4 nitrogen and oxygen atoms in total. The number of ether oxygens (including phenoxy) is 2. The Balaban J connectivity index is 1.95. The summed E-state index contributed by atoms with van der Waals surface area (Å²) < 4.78 is 11.9. The third-order valence-corrected chi connectivity index (χ3v) is 3.26. The molecule has 0 aromatic heterocycles. The van der Waals surface area contributed by atoms with Gasteiger partial charge in [0.25, 0.3) is 0 Å². The molecule has 1 heterocycles. The highest BCUT2D eigenvalue weighted by molar-refractivity contribution is 5.20. The van der Waals surface area contributed by atoms with E-state index in [1.165, 1.54) is 0 Å². The summed E-state index contributed by atoms with van der Waals surface area (Å²) in [6.45, 7) is 4.99. The van der Waals surface area contributed by atoms with E-state index < -0.39 is 5.79 Å². The molecule has 1 aliphatic rings. The molecule has 0 spiro atoms. The van der Waals surface area contributed by atoms with E-state index in [2.05, 4.69) is 4.90 Å². The maximum absolute atomic E-state index is 6.05. The van der Waals surface area contributed by atoms with Gasteiger partial charge < -0.3 is 20.1 Å². The Hall–Kier alpha value is -0.940. The van der Waals surface area contributed by atoms with Gasteiger partial charge in [-0.25, -0.2) is 0 Å². The molecule has 1 fully saturated rings. The number of likely N-dealkylation sites (N-methyl/N-ethyl adjacent to an activating group) is 1. The lowest BCUT2D eigenvalue weighted by molar-refractivity contribution is -0.163. The van der Waals surface area contributed by atoms with Crippen molar-refractivity contribution >= 4 is 0 Å². The lowest BCUT2D eigenvalue weighted by Gasteiger charge is -2.25. The number of rotatable bonds is 5. The fourth-order valence-corrected chi connectivity index (χ4v) is 2.28. The Bertz CT molecular complexity index is 371. The standard InChI is InChI=1S/C14H22N2O2/c1-14(12-6-4-3-5-7-12)17-11-13(18-14)10-16(2)9-8-15/h3-7,13H,8-11,15H2,1-2H3. The normalized spacial score (nSPS) is 27.9. The van der Waals surface area contributed by atoms with E-state index >= 15 is 0 Å². The van der Waals surface area contributed by atoms with Crippen LogP contribution in [-0.4, -0.2) is 44.3 Å². The number of hydrogen-bond donors (Lipinski definition) is 1. The summed E-state index contributed by atoms with van der Waals surface area (Å²) in [5.74, 6) is -0.616. The lowest BCUT2D eigenvalue weighted by Crippen LogP contribution is -2.35. The van der Waals surface area contributed by atoms with Crippen molar-refractivity contribution in [1.82, 2.24) is 4.90 Å². The van der Waals surface area contributed by atoms with Crippen molar-refractivity contribution in [3.05, 3.63) is 35.9 Å². The van der Waals surface area contributed by atoms with Crippen LogP contribution in [0.25, 0.3) is 0 Å². The molecule has 1 aromatic rings. The summed E-state index contributed by atoms with van der Waals surface area (Å²) in [5, 5.41) is 0. The van der Waals surface area contributed by atoms with Crippen LogP contribution in [0.4, 0.5) is 0 Å². The Morgan fingerprint density at radius 2 is 2.11 bits per heavy atom. The first-order chi connectivity index (χ1) is 8.64. The summed E-state index contributed by atoms with van der Waals surface area (Å²) in [7, 11) is 2.05. The van der Waals surface area contributed by atoms with Crippen molar-refractivity contribution in [1.29, 1.82) is 0 Å². The van der Waals surface area contributed by atoms with Gasteiger partial charge in [-0.05, 0) is 14.0 Å². The third kappa shape index (κ3) is 3.09. The van der Waals surface area contributed by atoms with E-state index in [1.807, 2.05) is 44.3 Å². The highest BCUT2D eigenvalue weighted by Gasteiger charge is 2.38.